The normalized spacial score (nSPS) is 11.4. The van der Waals surface area contributed by atoms with E-state index in [0.29, 0.717) is 35.8 Å². The van der Waals surface area contributed by atoms with Crippen LogP contribution in [-0.2, 0) is 24.3 Å². The van der Waals surface area contributed by atoms with Crippen LogP contribution in [-0.4, -0.2) is 25.1 Å². The molecule has 0 bridgehead atoms. The summed E-state index contributed by atoms with van der Waals surface area (Å²) >= 11 is 1.40. The van der Waals surface area contributed by atoms with Gasteiger partial charge in [0.15, 0.2) is 0 Å². The van der Waals surface area contributed by atoms with Crippen LogP contribution in [0.1, 0.15) is 37.6 Å². The van der Waals surface area contributed by atoms with E-state index in [9.17, 15) is 14.0 Å². The van der Waals surface area contributed by atoms with Gasteiger partial charge in [0, 0.05) is 25.9 Å². The van der Waals surface area contributed by atoms with Crippen LogP contribution in [0.4, 0.5) is 4.39 Å². The van der Waals surface area contributed by atoms with Crippen LogP contribution in [0.2, 0.25) is 0 Å². The number of rotatable bonds is 8. The summed E-state index contributed by atoms with van der Waals surface area (Å²) < 4.78 is 17.2. The minimum absolute atomic E-state index is 0.0445. The lowest BCUT2D eigenvalue weighted by molar-refractivity contribution is -0.121. The zero-order valence-electron chi connectivity index (χ0n) is 16.6. The second-order valence-electron chi connectivity index (χ2n) is 7.10. The molecule has 3 aromatic heterocycles. The van der Waals surface area contributed by atoms with Gasteiger partial charge in [0.25, 0.3) is 5.56 Å². The molecule has 0 atom stereocenters. The summed E-state index contributed by atoms with van der Waals surface area (Å²) in [7, 11) is 0. The molecule has 9 heteroatoms. The van der Waals surface area contributed by atoms with Gasteiger partial charge in [0.1, 0.15) is 16.3 Å². The first-order valence-corrected chi connectivity index (χ1v) is 10.8. The van der Waals surface area contributed by atoms with Crippen molar-refractivity contribution in [2.45, 2.75) is 45.7 Å². The lowest BCUT2D eigenvalue weighted by atomic mass is 10.2. The van der Waals surface area contributed by atoms with Gasteiger partial charge in [0.2, 0.25) is 11.7 Å². The van der Waals surface area contributed by atoms with Crippen molar-refractivity contribution in [1.29, 1.82) is 0 Å². The Morgan fingerprint density at radius 2 is 2.00 bits per heavy atom. The molecular weight excluding hydrogens is 405 g/mol. The first-order valence-electron chi connectivity index (χ1n) is 9.93. The summed E-state index contributed by atoms with van der Waals surface area (Å²) in [6.07, 6.45) is 2.48. The van der Waals surface area contributed by atoms with E-state index in [0.717, 1.165) is 23.9 Å². The van der Waals surface area contributed by atoms with E-state index in [2.05, 4.69) is 22.4 Å². The number of nitrogens with zero attached hydrogens (tertiary/aromatic N) is 4. The third kappa shape index (κ3) is 3.97. The molecule has 0 aliphatic rings. The Labute approximate surface area is 176 Å². The number of carbonyl (C=O) groups excluding carboxylic acids is 1. The molecule has 1 amide bonds. The van der Waals surface area contributed by atoms with Gasteiger partial charge in [0.05, 0.1) is 5.52 Å². The fourth-order valence-electron chi connectivity index (χ4n) is 3.38. The van der Waals surface area contributed by atoms with Crippen molar-refractivity contribution in [1.82, 2.24) is 24.5 Å². The molecule has 1 N–H and O–H groups in total. The number of aryl methyl sites for hydroxylation is 2. The lowest BCUT2D eigenvalue weighted by Gasteiger charge is -2.09. The number of thiophene rings is 1. The van der Waals surface area contributed by atoms with Crippen LogP contribution in [0.25, 0.3) is 16.0 Å². The quantitative estimate of drug-likeness (QED) is 0.468. The van der Waals surface area contributed by atoms with Crippen molar-refractivity contribution >= 4 is 33.2 Å². The summed E-state index contributed by atoms with van der Waals surface area (Å²) in [6, 6.07) is 7.91. The maximum atomic E-state index is 13.0. The van der Waals surface area contributed by atoms with E-state index in [4.69, 9.17) is 0 Å². The van der Waals surface area contributed by atoms with Crippen LogP contribution >= 0.6 is 11.3 Å². The van der Waals surface area contributed by atoms with E-state index in [1.165, 1.54) is 23.5 Å². The first kappa shape index (κ1) is 20.2. The van der Waals surface area contributed by atoms with Crippen LogP contribution < -0.4 is 10.9 Å². The molecule has 0 fully saturated rings. The van der Waals surface area contributed by atoms with Crippen molar-refractivity contribution in [3.8, 4) is 0 Å². The molecule has 7 nitrogen and oxygen atoms in total. The van der Waals surface area contributed by atoms with Crippen LogP contribution in [0.15, 0.2) is 40.5 Å². The lowest BCUT2D eigenvalue weighted by Crippen LogP contribution is -2.24. The molecule has 0 aliphatic carbocycles. The van der Waals surface area contributed by atoms with Gasteiger partial charge in [-0.25, -0.2) is 4.39 Å². The highest BCUT2D eigenvalue weighted by atomic mass is 32.1. The number of aromatic nitrogens is 4. The molecule has 4 rings (SSSR count). The molecular formula is C21H22FN5O2S. The fraction of sp³-hybridized carbons (Fsp3) is 0.333. The van der Waals surface area contributed by atoms with E-state index >= 15 is 0 Å². The molecule has 0 saturated heterocycles. The summed E-state index contributed by atoms with van der Waals surface area (Å²) in [4.78, 5) is 25.1. The topological polar surface area (TPSA) is 81.3 Å². The fourth-order valence-corrected chi connectivity index (χ4v) is 4.20. The number of unbranched alkanes of at least 4 members (excludes halogenated alkanes) is 1. The van der Waals surface area contributed by atoms with Gasteiger partial charge in [-0.1, -0.05) is 25.5 Å². The summed E-state index contributed by atoms with van der Waals surface area (Å²) in [6.45, 7) is 3.00. The second kappa shape index (κ2) is 8.74. The average Bonchev–Trinajstić information content (AvgIpc) is 3.39. The summed E-state index contributed by atoms with van der Waals surface area (Å²) in [5, 5.41) is 13.2. The van der Waals surface area contributed by atoms with Gasteiger partial charge in [-0.2, -0.15) is 0 Å². The maximum absolute atomic E-state index is 13.0. The van der Waals surface area contributed by atoms with Gasteiger partial charge < -0.3 is 5.32 Å². The van der Waals surface area contributed by atoms with E-state index < -0.39 is 0 Å². The van der Waals surface area contributed by atoms with Gasteiger partial charge in [-0.15, -0.1) is 21.5 Å². The number of benzene rings is 1. The first-order chi connectivity index (χ1) is 14.6. The number of hydrogen-bond acceptors (Lipinski definition) is 5. The molecule has 0 aliphatic heterocycles. The molecule has 4 aromatic rings. The number of halogens is 1. The van der Waals surface area contributed by atoms with Crippen LogP contribution in [0.3, 0.4) is 0 Å². The van der Waals surface area contributed by atoms with Gasteiger partial charge in [-0.3, -0.25) is 18.6 Å². The highest BCUT2D eigenvalue weighted by Crippen LogP contribution is 2.20. The van der Waals surface area contributed by atoms with E-state index in [-0.39, 0.29) is 23.7 Å². The predicted molar refractivity (Wildman–Crippen MR) is 114 cm³/mol. The van der Waals surface area contributed by atoms with E-state index in [1.54, 1.807) is 16.7 Å². The molecule has 1 aromatic carbocycles. The third-order valence-corrected chi connectivity index (χ3v) is 5.88. The Balaban J connectivity index is 1.53. The zero-order valence-corrected chi connectivity index (χ0v) is 17.4. The van der Waals surface area contributed by atoms with E-state index in [1.807, 2.05) is 15.8 Å². The predicted octanol–water partition coefficient (Wildman–Crippen LogP) is 3.29. The Kier molecular flexibility index (Phi) is 5.89. The van der Waals surface area contributed by atoms with Crippen molar-refractivity contribution in [3.63, 3.8) is 0 Å². The van der Waals surface area contributed by atoms with Crippen molar-refractivity contribution in [2.24, 2.45) is 0 Å². The molecule has 0 unspecified atom stereocenters. The molecule has 0 saturated carbocycles. The van der Waals surface area contributed by atoms with Crippen molar-refractivity contribution in [3.05, 3.63) is 63.3 Å². The average molecular weight is 428 g/mol. The Morgan fingerprint density at radius 3 is 2.77 bits per heavy atom. The molecule has 0 radical (unpaired) electrons. The number of amides is 1. The number of nitrogens with one attached hydrogen (secondary N) is 1. The number of hydrogen-bond donors (Lipinski definition) is 1. The summed E-state index contributed by atoms with van der Waals surface area (Å²) in [5.41, 5.74) is 1.56. The van der Waals surface area contributed by atoms with Crippen molar-refractivity contribution < 1.29 is 9.18 Å². The van der Waals surface area contributed by atoms with Gasteiger partial charge >= 0.3 is 0 Å². The Hall–Kier alpha value is -3.07. The van der Waals surface area contributed by atoms with Crippen LogP contribution in [0, 0.1) is 5.82 Å². The van der Waals surface area contributed by atoms with Crippen LogP contribution in [0.5, 0.6) is 0 Å². The SMILES string of the molecule is CCCCn1c(=O)c2sccc2n2c(CCC(=O)NCc3ccc(F)cc3)nnc12. The minimum atomic E-state index is -0.305. The number of carbonyl (C=O) groups is 1. The minimum Gasteiger partial charge on any atom is -0.352 e. The highest BCUT2D eigenvalue weighted by molar-refractivity contribution is 7.17. The van der Waals surface area contributed by atoms with Gasteiger partial charge in [-0.05, 0) is 35.6 Å². The zero-order chi connectivity index (χ0) is 21.1. The van der Waals surface area contributed by atoms with Crippen molar-refractivity contribution in [2.75, 3.05) is 0 Å². The Bertz CT molecular complexity index is 1240. The molecule has 0 spiro atoms. The highest BCUT2D eigenvalue weighted by Gasteiger charge is 2.17. The smallest absolute Gasteiger partial charge is 0.272 e. The molecule has 3 heterocycles. The molecule has 30 heavy (non-hydrogen) atoms. The monoisotopic (exact) mass is 427 g/mol. The summed E-state index contributed by atoms with van der Waals surface area (Å²) in [5.74, 6) is 0.731. The maximum Gasteiger partial charge on any atom is 0.272 e. The molecule has 156 valence electrons. The largest absolute Gasteiger partial charge is 0.352 e. The second-order valence-corrected chi connectivity index (χ2v) is 8.02. The third-order valence-electron chi connectivity index (χ3n) is 4.99. The Morgan fingerprint density at radius 1 is 1.20 bits per heavy atom. The number of fused-ring (bicyclic) bond motifs is 3. The standard InChI is InChI=1S/C21H22FN5O2S/c1-2-3-11-26-20(29)19-16(10-12-30-19)27-17(24-25-21(26)27)8-9-18(28)23-13-14-4-6-15(22)7-5-14/h4-7,10,12H,2-3,8-9,11,13H2,1H3,(H,23,28).